The summed E-state index contributed by atoms with van der Waals surface area (Å²) in [4.78, 5) is 40.4. The highest BCUT2D eigenvalue weighted by molar-refractivity contribution is 5.97. The van der Waals surface area contributed by atoms with E-state index in [2.05, 4.69) is 6.08 Å². The van der Waals surface area contributed by atoms with Gasteiger partial charge in [-0.05, 0) is 22.8 Å². The fourth-order valence-electron chi connectivity index (χ4n) is 3.80. The third-order valence-corrected chi connectivity index (χ3v) is 5.72. The van der Waals surface area contributed by atoms with Crippen LogP contribution in [0, 0.1) is 0 Å². The summed E-state index contributed by atoms with van der Waals surface area (Å²) in [7, 11) is 2.69. The monoisotopic (exact) mass is 450 g/mol. The molecule has 3 rings (SSSR count). The van der Waals surface area contributed by atoms with Gasteiger partial charge >= 0.3 is 11.9 Å². The van der Waals surface area contributed by atoms with E-state index in [0.717, 1.165) is 22.4 Å². The van der Waals surface area contributed by atoms with E-state index in [9.17, 15) is 14.4 Å². The maximum absolute atomic E-state index is 13.4. The zero-order valence-electron chi connectivity index (χ0n) is 19.2. The number of anilines is 1. The minimum Gasteiger partial charge on any atom is -0.469 e. The largest absolute Gasteiger partial charge is 0.469 e. The molecule has 1 aliphatic heterocycles. The molecule has 0 unspecified atom stereocenters. The fourth-order valence-corrected chi connectivity index (χ4v) is 3.80. The molecule has 2 aromatic rings. The van der Waals surface area contributed by atoms with Crippen molar-refractivity contribution >= 4 is 35.7 Å². The summed E-state index contributed by atoms with van der Waals surface area (Å²) in [6, 6.07) is 15.9. The molecule has 2 aromatic carbocycles. The number of hydrogen-bond donors (Lipinski definition) is 0. The highest BCUT2D eigenvalue weighted by Crippen LogP contribution is 2.29. The highest BCUT2D eigenvalue weighted by atomic mass is 16.5. The van der Waals surface area contributed by atoms with Crippen molar-refractivity contribution in [3.05, 3.63) is 65.2 Å². The second-order valence-electron chi connectivity index (χ2n) is 7.81. The minimum atomic E-state index is -0.328. The summed E-state index contributed by atoms with van der Waals surface area (Å²) in [6.07, 6.45) is 4.75. The van der Waals surface area contributed by atoms with Gasteiger partial charge in [0.25, 0.3) is 0 Å². The maximum Gasteiger partial charge on any atom is 0.306 e. The molecular formula is C26H30N2O5. The Morgan fingerprint density at radius 1 is 0.788 bits per heavy atom. The molecule has 0 aliphatic carbocycles. The van der Waals surface area contributed by atoms with Crippen molar-refractivity contribution in [2.45, 2.75) is 25.8 Å². The van der Waals surface area contributed by atoms with Crippen LogP contribution in [0.3, 0.4) is 0 Å². The van der Waals surface area contributed by atoms with Crippen molar-refractivity contribution in [2.24, 2.45) is 0 Å². The summed E-state index contributed by atoms with van der Waals surface area (Å²) in [6.45, 7) is 1.70. The molecular weight excluding hydrogens is 420 g/mol. The van der Waals surface area contributed by atoms with Gasteiger partial charge in [0.15, 0.2) is 0 Å². The van der Waals surface area contributed by atoms with Crippen LogP contribution in [0.2, 0.25) is 0 Å². The lowest BCUT2D eigenvalue weighted by Crippen LogP contribution is -2.36. The van der Waals surface area contributed by atoms with Crippen LogP contribution < -0.4 is 4.90 Å². The van der Waals surface area contributed by atoms with E-state index in [4.69, 9.17) is 9.47 Å². The van der Waals surface area contributed by atoms with E-state index in [1.54, 1.807) is 0 Å². The Hall–Kier alpha value is -3.45. The molecule has 0 aromatic heterocycles. The van der Waals surface area contributed by atoms with Crippen molar-refractivity contribution < 1.29 is 23.9 Å². The Balaban J connectivity index is 1.75. The molecule has 1 heterocycles. The summed E-state index contributed by atoms with van der Waals surface area (Å²) >= 11 is 0. The molecule has 1 amide bonds. The molecule has 0 atom stereocenters. The van der Waals surface area contributed by atoms with E-state index in [1.807, 2.05) is 64.4 Å². The molecule has 0 fully saturated rings. The van der Waals surface area contributed by atoms with Crippen molar-refractivity contribution in [2.75, 3.05) is 38.8 Å². The Labute approximate surface area is 194 Å². The van der Waals surface area contributed by atoms with Gasteiger partial charge in [0.05, 0.1) is 39.3 Å². The Bertz CT molecular complexity index is 997. The van der Waals surface area contributed by atoms with E-state index >= 15 is 0 Å². The van der Waals surface area contributed by atoms with Crippen molar-refractivity contribution in [3.63, 3.8) is 0 Å². The van der Waals surface area contributed by atoms with Gasteiger partial charge in [-0.1, -0.05) is 54.6 Å². The number of para-hydroxylation sites is 1. The predicted octanol–water partition coefficient (Wildman–Crippen LogP) is 3.52. The lowest BCUT2D eigenvalue weighted by Gasteiger charge is -2.28. The van der Waals surface area contributed by atoms with Crippen LogP contribution in [0.15, 0.2) is 48.5 Å². The zero-order chi connectivity index (χ0) is 23.6. The number of ether oxygens (including phenoxy) is 2. The van der Waals surface area contributed by atoms with Gasteiger partial charge in [-0.2, -0.15) is 0 Å². The van der Waals surface area contributed by atoms with E-state index in [0.29, 0.717) is 26.2 Å². The molecule has 0 saturated heterocycles. The molecule has 0 bridgehead atoms. The topological polar surface area (TPSA) is 76.1 Å². The number of benzene rings is 2. The van der Waals surface area contributed by atoms with Gasteiger partial charge in [-0.15, -0.1) is 0 Å². The summed E-state index contributed by atoms with van der Waals surface area (Å²) in [5.41, 5.74) is 4.00. The van der Waals surface area contributed by atoms with E-state index < -0.39 is 0 Å². The Morgan fingerprint density at radius 3 is 2.00 bits per heavy atom. The van der Waals surface area contributed by atoms with Gasteiger partial charge in [-0.25, -0.2) is 0 Å². The van der Waals surface area contributed by atoms with Gasteiger partial charge in [0, 0.05) is 26.1 Å². The first-order chi connectivity index (χ1) is 16.0. The average molecular weight is 451 g/mol. The van der Waals surface area contributed by atoms with Gasteiger partial charge < -0.3 is 19.3 Å². The first kappa shape index (κ1) is 24.2. The Morgan fingerprint density at radius 2 is 1.33 bits per heavy atom. The lowest BCUT2D eigenvalue weighted by molar-refractivity contribution is -0.141. The zero-order valence-corrected chi connectivity index (χ0v) is 19.2. The lowest BCUT2D eigenvalue weighted by atomic mass is 10.0. The molecule has 0 saturated carbocycles. The van der Waals surface area contributed by atoms with Gasteiger partial charge in [-0.3, -0.25) is 14.4 Å². The number of hydrogen-bond acceptors (Lipinski definition) is 6. The highest BCUT2D eigenvalue weighted by Gasteiger charge is 2.22. The number of nitrogens with zero attached hydrogens (tertiary/aromatic N) is 2. The van der Waals surface area contributed by atoms with Crippen molar-refractivity contribution in [1.29, 1.82) is 0 Å². The predicted molar refractivity (Wildman–Crippen MR) is 127 cm³/mol. The number of rotatable bonds is 9. The third-order valence-electron chi connectivity index (χ3n) is 5.72. The van der Waals surface area contributed by atoms with Crippen molar-refractivity contribution in [1.82, 2.24) is 4.90 Å². The summed E-state index contributed by atoms with van der Waals surface area (Å²) < 4.78 is 9.45. The van der Waals surface area contributed by atoms with Crippen molar-refractivity contribution in [3.8, 4) is 0 Å². The second-order valence-corrected chi connectivity index (χ2v) is 7.81. The molecule has 1 aliphatic rings. The first-order valence-corrected chi connectivity index (χ1v) is 11.0. The molecule has 0 N–H and O–H groups in total. The quantitative estimate of drug-likeness (QED) is 0.544. The average Bonchev–Trinajstić information content (AvgIpc) is 2.84. The van der Waals surface area contributed by atoms with Crippen LogP contribution in [0.4, 0.5) is 5.69 Å². The summed E-state index contributed by atoms with van der Waals surface area (Å²) in [5.74, 6) is -0.676. The SMILES string of the molecule is COC(=O)CCN(CCC(=O)OC)CCC(=O)N1Cc2ccccc2/C=C\c2ccccc21. The minimum absolute atomic E-state index is 0.0197. The first-order valence-electron chi connectivity index (χ1n) is 11.0. The number of methoxy groups -OCH3 is 2. The van der Waals surface area contributed by atoms with E-state index in [1.165, 1.54) is 14.2 Å². The maximum atomic E-state index is 13.4. The number of carbonyl (C=O) groups excluding carboxylic acids is 3. The van der Waals surface area contributed by atoms with E-state index in [-0.39, 0.29) is 37.1 Å². The van der Waals surface area contributed by atoms with Crippen LogP contribution in [0.1, 0.15) is 36.0 Å². The standard InChI is InChI=1S/C26H30N2O5/c1-32-25(30)14-17-27(18-15-26(31)33-2)16-13-24(29)28-19-22-9-4-3-7-20(22)11-12-21-8-5-6-10-23(21)28/h3-12H,13-19H2,1-2H3/b12-11-. The van der Waals surface area contributed by atoms with Crippen LogP contribution in [0.25, 0.3) is 12.2 Å². The van der Waals surface area contributed by atoms with Crippen LogP contribution >= 0.6 is 0 Å². The molecule has 174 valence electrons. The molecule has 7 heteroatoms. The number of carbonyl (C=O) groups is 3. The molecule has 0 radical (unpaired) electrons. The molecule has 33 heavy (non-hydrogen) atoms. The summed E-state index contributed by atoms with van der Waals surface area (Å²) in [5, 5.41) is 0. The van der Waals surface area contributed by atoms with Gasteiger partial charge in [0.1, 0.15) is 0 Å². The number of fused-ring (bicyclic) bond motifs is 2. The molecule has 0 spiro atoms. The third kappa shape index (κ3) is 6.76. The Kier molecular flexibility index (Phi) is 8.78. The second kappa shape index (κ2) is 12.0. The smallest absolute Gasteiger partial charge is 0.306 e. The normalized spacial score (nSPS) is 13.4. The fraction of sp³-hybridized carbons (Fsp3) is 0.346. The van der Waals surface area contributed by atoms with Crippen LogP contribution in [-0.2, 0) is 30.4 Å². The number of esters is 2. The van der Waals surface area contributed by atoms with Gasteiger partial charge in [0.2, 0.25) is 5.91 Å². The molecule has 7 nitrogen and oxygen atoms in total. The number of amides is 1. The van der Waals surface area contributed by atoms with Crippen LogP contribution in [-0.4, -0.2) is 56.6 Å². The van der Waals surface area contributed by atoms with Crippen LogP contribution in [0.5, 0.6) is 0 Å².